The Morgan fingerprint density at radius 2 is 1.75 bits per heavy atom. The van der Waals surface area contributed by atoms with Crippen LogP contribution in [-0.4, -0.2) is 33.2 Å². The van der Waals surface area contributed by atoms with Crippen LogP contribution >= 0.6 is 0 Å². The van der Waals surface area contributed by atoms with Crippen LogP contribution in [0.3, 0.4) is 0 Å². The van der Waals surface area contributed by atoms with Crippen LogP contribution in [0.5, 0.6) is 0 Å². The van der Waals surface area contributed by atoms with E-state index in [0.717, 1.165) is 11.3 Å². The number of nitrogens with one attached hydrogen (secondary N) is 1. The van der Waals surface area contributed by atoms with Gasteiger partial charge in [0.25, 0.3) is 11.8 Å². The molecule has 0 unspecified atom stereocenters. The molecular weight excluding hydrogens is 352 g/mol. The van der Waals surface area contributed by atoms with Crippen molar-refractivity contribution in [3.05, 3.63) is 95.6 Å². The molecule has 3 aromatic rings. The van der Waals surface area contributed by atoms with Crippen LogP contribution in [0.1, 0.15) is 38.9 Å². The molecule has 0 saturated carbocycles. The minimum atomic E-state index is -0.293. The molecule has 0 bridgehead atoms. The molecule has 0 spiro atoms. The van der Waals surface area contributed by atoms with Gasteiger partial charge in [-0.1, -0.05) is 36.4 Å². The van der Waals surface area contributed by atoms with Crippen LogP contribution < -0.4 is 5.32 Å². The van der Waals surface area contributed by atoms with Crippen molar-refractivity contribution in [2.24, 2.45) is 0 Å². The molecule has 1 N–H and O–H groups in total. The number of aromatic nitrogens is 2. The molecule has 1 aromatic carbocycles. The molecule has 0 saturated heterocycles. The normalized spacial score (nSPS) is 10.3. The molecule has 3 rings (SSSR count). The summed E-state index contributed by atoms with van der Waals surface area (Å²) >= 11 is 0. The Kier molecular flexibility index (Phi) is 6.46. The zero-order valence-electron chi connectivity index (χ0n) is 15.7. The first-order chi connectivity index (χ1) is 13.7. The van der Waals surface area contributed by atoms with Gasteiger partial charge < -0.3 is 10.2 Å². The molecule has 0 radical (unpaired) electrons. The van der Waals surface area contributed by atoms with Crippen molar-refractivity contribution >= 4 is 11.8 Å². The number of pyridine rings is 2. The van der Waals surface area contributed by atoms with Crippen molar-refractivity contribution in [1.29, 1.82) is 0 Å². The summed E-state index contributed by atoms with van der Waals surface area (Å²) in [5, 5.41) is 2.80. The highest BCUT2D eigenvalue weighted by molar-refractivity contribution is 5.99. The molecule has 2 heterocycles. The number of carbonyl (C=O) groups excluding carboxylic acids is 2. The van der Waals surface area contributed by atoms with E-state index < -0.39 is 0 Å². The fraction of sp³-hybridized carbons (Fsp3) is 0.182. The highest BCUT2D eigenvalue weighted by Crippen LogP contribution is 2.11. The SMILES string of the molecule is CCN(Cc1ccccc1)C(=O)c1cncc(C(=O)NCc2ccccn2)c1. The van der Waals surface area contributed by atoms with Gasteiger partial charge in [-0.05, 0) is 30.7 Å². The summed E-state index contributed by atoms with van der Waals surface area (Å²) in [5.41, 5.74) is 2.55. The second-order valence-electron chi connectivity index (χ2n) is 6.27. The van der Waals surface area contributed by atoms with Crippen LogP contribution in [0.15, 0.2) is 73.2 Å². The van der Waals surface area contributed by atoms with Gasteiger partial charge in [0, 0.05) is 31.7 Å². The highest BCUT2D eigenvalue weighted by atomic mass is 16.2. The first-order valence-corrected chi connectivity index (χ1v) is 9.13. The van der Waals surface area contributed by atoms with E-state index in [4.69, 9.17) is 0 Å². The number of hydrogen-bond acceptors (Lipinski definition) is 4. The predicted molar refractivity (Wildman–Crippen MR) is 107 cm³/mol. The molecule has 2 amide bonds. The van der Waals surface area contributed by atoms with Gasteiger partial charge in [0.1, 0.15) is 0 Å². The number of amides is 2. The maximum absolute atomic E-state index is 12.9. The summed E-state index contributed by atoms with van der Waals surface area (Å²) < 4.78 is 0. The molecule has 0 aliphatic heterocycles. The van der Waals surface area contributed by atoms with Crippen LogP contribution in [0, 0.1) is 0 Å². The van der Waals surface area contributed by atoms with Gasteiger partial charge >= 0.3 is 0 Å². The first-order valence-electron chi connectivity index (χ1n) is 9.13. The topological polar surface area (TPSA) is 75.2 Å². The van der Waals surface area contributed by atoms with Gasteiger partial charge in [0.15, 0.2) is 0 Å². The van der Waals surface area contributed by atoms with Gasteiger partial charge in [0.2, 0.25) is 0 Å². The van der Waals surface area contributed by atoms with E-state index in [9.17, 15) is 9.59 Å². The molecule has 2 aromatic heterocycles. The second kappa shape index (κ2) is 9.41. The molecule has 142 valence electrons. The third kappa shape index (κ3) is 5.01. The smallest absolute Gasteiger partial charge is 0.255 e. The standard InChI is InChI=1S/C22H22N4O2/c1-2-26(16-17-8-4-3-5-9-17)22(28)19-12-18(13-23-14-19)21(27)25-15-20-10-6-7-11-24-20/h3-14H,2,15-16H2,1H3,(H,25,27). The van der Waals surface area contributed by atoms with Crippen LogP contribution in [-0.2, 0) is 13.1 Å². The summed E-state index contributed by atoms with van der Waals surface area (Å²) in [7, 11) is 0. The van der Waals surface area contributed by atoms with Crippen molar-refractivity contribution in [3.8, 4) is 0 Å². The quantitative estimate of drug-likeness (QED) is 0.690. The van der Waals surface area contributed by atoms with E-state index in [0.29, 0.717) is 30.8 Å². The maximum Gasteiger partial charge on any atom is 0.255 e. The summed E-state index contributed by atoms with van der Waals surface area (Å²) in [6.45, 7) is 3.31. The lowest BCUT2D eigenvalue weighted by molar-refractivity contribution is 0.0752. The van der Waals surface area contributed by atoms with Gasteiger partial charge in [-0.25, -0.2) is 0 Å². The fourth-order valence-corrected chi connectivity index (χ4v) is 2.77. The Labute approximate surface area is 164 Å². The average molecular weight is 374 g/mol. The molecule has 0 aliphatic carbocycles. The lowest BCUT2D eigenvalue weighted by atomic mass is 10.1. The lowest BCUT2D eigenvalue weighted by Gasteiger charge is -2.21. The largest absolute Gasteiger partial charge is 0.346 e. The number of carbonyl (C=O) groups is 2. The molecule has 0 fully saturated rings. The van der Waals surface area contributed by atoms with Gasteiger partial charge in [-0.2, -0.15) is 0 Å². The highest BCUT2D eigenvalue weighted by Gasteiger charge is 2.17. The first kappa shape index (κ1) is 19.2. The lowest BCUT2D eigenvalue weighted by Crippen LogP contribution is -2.31. The van der Waals surface area contributed by atoms with E-state index in [2.05, 4.69) is 15.3 Å². The maximum atomic E-state index is 12.9. The second-order valence-corrected chi connectivity index (χ2v) is 6.27. The Morgan fingerprint density at radius 3 is 2.46 bits per heavy atom. The van der Waals surface area contributed by atoms with E-state index in [1.54, 1.807) is 17.2 Å². The van der Waals surface area contributed by atoms with Crippen molar-refractivity contribution < 1.29 is 9.59 Å². The van der Waals surface area contributed by atoms with Crippen LogP contribution in [0.25, 0.3) is 0 Å². The third-order valence-corrected chi connectivity index (χ3v) is 4.29. The summed E-state index contributed by atoms with van der Waals surface area (Å²) in [5.74, 6) is -0.447. The fourth-order valence-electron chi connectivity index (χ4n) is 2.77. The summed E-state index contributed by atoms with van der Waals surface area (Å²) in [6, 6.07) is 16.9. The number of benzene rings is 1. The molecule has 0 aliphatic rings. The van der Waals surface area contributed by atoms with E-state index in [1.165, 1.54) is 12.4 Å². The number of hydrogen-bond donors (Lipinski definition) is 1. The summed E-state index contributed by atoms with van der Waals surface area (Å²) in [6.07, 6.45) is 4.62. The van der Waals surface area contributed by atoms with Crippen molar-refractivity contribution in [1.82, 2.24) is 20.2 Å². The molecule has 0 atom stereocenters. The van der Waals surface area contributed by atoms with E-state index in [-0.39, 0.29) is 11.8 Å². The number of rotatable bonds is 7. The Bertz CT molecular complexity index is 930. The van der Waals surface area contributed by atoms with Crippen LogP contribution in [0.2, 0.25) is 0 Å². The Hall–Kier alpha value is -3.54. The molecule has 6 nitrogen and oxygen atoms in total. The minimum absolute atomic E-state index is 0.154. The van der Waals surface area contributed by atoms with Crippen molar-refractivity contribution in [3.63, 3.8) is 0 Å². The molecule has 6 heteroatoms. The third-order valence-electron chi connectivity index (χ3n) is 4.29. The Balaban J connectivity index is 1.68. The summed E-state index contributed by atoms with van der Waals surface area (Å²) in [4.78, 5) is 35.3. The van der Waals surface area contributed by atoms with Crippen molar-refractivity contribution in [2.45, 2.75) is 20.0 Å². The van der Waals surface area contributed by atoms with Crippen molar-refractivity contribution in [2.75, 3.05) is 6.54 Å². The van der Waals surface area contributed by atoms with Crippen LogP contribution in [0.4, 0.5) is 0 Å². The van der Waals surface area contributed by atoms with Gasteiger partial charge in [-0.15, -0.1) is 0 Å². The zero-order chi connectivity index (χ0) is 19.8. The monoisotopic (exact) mass is 374 g/mol. The van der Waals surface area contributed by atoms with E-state index >= 15 is 0 Å². The minimum Gasteiger partial charge on any atom is -0.346 e. The molecular formula is C22H22N4O2. The Morgan fingerprint density at radius 1 is 1.00 bits per heavy atom. The average Bonchev–Trinajstić information content (AvgIpc) is 2.77. The zero-order valence-corrected chi connectivity index (χ0v) is 15.7. The number of nitrogens with zero attached hydrogens (tertiary/aromatic N) is 3. The molecule has 28 heavy (non-hydrogen) atoms. The van der Waals surface area contributed by atoms with Gasteiger partial charge in [0.05, 0.1) is 23.4 Å². The van der Waals surface area contributed by atoms with E-state index in [1.807, 2.05) is 55.5 Å². The predicted octanol–water partition coefficient (Wildman–Crippen LogP) is 3.07. The van der Waals surface area contributed by atoms with Gasteiger partial charge in [-0.3, -0.25) is 19.6 Å².